The fraction of sp³-hybridized carbons (Fsp3) is 0.364. The number of carboxylic acid groups (broad SMARTS) is 1. The number of carboxylic acids is 1. The van der Waals surface area contributed by atoms with Gasteiger partial charge >= 0.3 is 5.97 Å². The predicted octanol–water partition coefficient (Wildman–Crippen LogP) is 0.720. The van der Waals surface area contributed by atoms with Crippen molar-refractivity contribution < 1.29 is 19.4 Å². The number of ether oxygens (including phenoxy) is 2. The molecule has 1 N–H and O–H groups in total. The maximum absolute atomic E-state index is 11.0. The molecule has 0 aliphatic rings. The SMILES string of the molecule is COCc1cc(COC)n2cnc(C(=O)O)c2n1. The fourth-order valence-corrected chi connectivity index (χ4v) is 1.72. The summed E-state index contributed by atoms with van der Waals surface area (Å²) in [5.74, 6) is -1.11. The highest BCUT2D eigenvalue weighted by Gasteiger charge is 2.16. The minimum absolute atomic E-state index is 0.0784. The standard InChI is InChI=1S/C11H13N3O4/c1-17-4-7-3-8(5-18-2)14-6-12-9(11(15)16)10(14)13-7/h3,6H,4-5H2,1-2H3,(H,15,16). The minimum atomic E-state index is -1.11. The lowest BCUT2D eigenvalue weighted by Crippen LogP contribution is -2.06. The molecule has 0 amide bonds. The zero-order valence-corrected chi connectivity index (χ0v) is 10.1. The van der Waals surface area contributed by atoms with Gasteiger partial charge in [-0.15, -0.1) is 0 Å². The highest BCUT2D eigenvalue weighted by molar-refractivity contribution is 5.92. The predicted molar refractivity (Wildman–Crippen MR) is 61.4 cm³/mol. The zero-order valence-electron chi connectivity index (χ0n) is 10.1. The van der Waals surface area contributed by atoms with Crippen molar-refractivity contribution in [2.45, 2.75) is 13.2 Å². The topological polar surface area (TPSA) is 86.0 Å². The average molecular weight is 251 g/mol. The van der Waals surface area contributed by atoms with Crippen LogP contribution in [0.2, 0.25) is 0 Å². The summed E-state index contributed by atoms with van der Waals surface area (Å²) < 4.78 is 11.7. The molecule has 18 heavy (non-hydrogen) atoms. The lowest BCUT2D eigenvalue weighted by atomic mass is 10.3. The van der Waals surface area contributed by atoms with Crippen molar-refractivity contribution in [2.75, 3.05) is 14.2 Å². The molecule has 0 radical (unpaired) electrons. The van der Waals surface area contributed by atoms with Crippen LogP contribution in [0.25, 0.3) is 5.65 Å². The van der Waals surface area contributed by atoms with Crippen LogP contribution in [0.15, 0.2) is 12.4 Å². The van der Waals surface area contributed by atoms with Crippen LogP contribution in [0, 0.1) is 0 Å². The van der Waals surface area contributed by atoms with Crippen molar-refractivity contribution in [3.8, 4) is 0 Å². The van der Waals surface area contributed by atoms with E-state index in [4.69, 9.17) is 14.6 Å². The van der Waals surface area contributed by atoms with Crippen LogP contribution < -0.4 is 0 Å². The van der Waals surface area contributed by atoms with E-state index in [1.165, 1.54) is 6.33 Å². The number of imidazole rings is 1. The Morgan fingerprint density at radius 1 is 1.39 bits per heavy atom. The van der Waals surface area contributed by atoms with Gasteiger partial charge in [-0.05, 0) is 6.07 Å². The largest absolute Gasteiger partial charge is 0.476 e. The molecule has 7 nitrogen and oxygen atoms in total. The second-order valence-corrected chi connectivity index (χ2v) is 3.70. The molecule has 0 bridgehead atoms. The quantitative estimate of drug-likeness (QED) is 0.842. The Labute approximate surface area is 103 Å². The molecule has 0 spiro atoms. The molecule has 2 heterocycles. The summed E-state index contributed by atoms with van der Waals surface area (Å²) in [7, 11) is 3.12. The first-order valence-electron chi connectivity index (χ1n) is 5.24. The first-order chi connectivity index (χ1) is 8.67. The zero-order chi connectivity index (χ0) is 13.1. The van der Waals surface area contributed by atoms with Crippen LogP contribution in [0.5, 0.6) is 0 Å². The molecule has 0 aliphatic heterocycles. The molecule has 7 heteroatoms. The number of carbonyl (C=O) groups is 1. The van der Waals surface area contributed by atoms with Gasteiger partial charge in [-0.3, -0.25) is 4.40 Å². The van der Waals surface area contributed by atoms with Gasteiger partial charge in [0.15, 0.2) is 11.3 Å². The van der Waals surface area contributed by atoms with E-state index in [0.717, 1.165) is 5.69 Å². The number of aromatic carboxylic acids is 1. The molecule has 2 aromatic heterocycles. The molecule has 2 aromatic rings. The van der Waals surface area contributed by atoms with Crippen molar-refractivity contribution in [3.05, 3.63) is 29.5 Å². The smallest absolute Gasteiger partial charge is 0.358 e. The average Bonchev–Trinajstić information content (AvgIpc) is 2.73. The second kappa shape index (κ2) is 5.11. The Balaban J connectivity index is 2.62. The molecule has 0 atom stereocenters. The molecule has 2 rings (SSSR count). The Bertz CT molecular complexity index is 579. The number of rotatable bonds is 5. The first-order valence-corrected chi connectivity index (χ1v) is 5.24. The summed E-state index contributed by atoms with van der Waals surface area (Å²) in [6.45, 7) is 0.641. The molecule has 0 fully saturated rings. The summed E-state index contributed by atoms with van der Waals surface area (Å²) in [5, 5.41) is 9.03. The summed E-state index contributed by atoms with van der Waals surface area (Å²) in [4.78, 5) is 19.1. The van der Waals surface area contributed by atoms with Crippen LogP contribution >= 0.6 is 0 Å². The van der Waals surface area contributed by atoms with Crippen LogP contribution in [-0.2, 0) is 22.7 Å². The van der Waals surface area contributed by atoms with Gasteiger partial charge in [-0.2, -0.15) is 0 Å². The Morgan fingerprint density at radius 3 is 2.72 bits per heavy atom. The van der Waals surface area contributed by atoms with E-state index in [1.54, 1.807) is 24.7 Å². The van der Waals surface area contributed by atoms with Crippen molar-refractivity contribution in [1.29, 1.82) is 0 Å². The van der Waals surface area contributed by atoms with Crippen LogP contribution in [0.1, 0.15) is 21.9 Å². The Morgan fingerprint density at radius 2 is 2.11 bits per heavy atom. The van der Waals surface area contributed by atoms with Crippen molar-refractivity contribution in [2.24, 2.45) is 0 Å². The van der Waals surface area contributed by atoms with Gasteiger partial charge in [0.1, 0.15) is 6.33 Å². The first kappa shape index (κ1) is 12.5. The van der Waals surface area contributed by atoms with E-state index in [0.29, 0.717) is 24.6 Å². The van der Waals surface area contributed by atoms with E-state index in [9.17, 15) is 4.79 Å². The molecular formula is C11H13N3O4. The fourth-order valence-electron chi connectivity index (χ4n) is 1.72. The van der Waals surface area contributed by atoms with Gasteiger partial charge in [0, 0.05) is 14.2 Å². The number of aromatic nitrogens is 3. The normalized spacial score (nSPS) is 11.0. The minimum Gasteiger partial charge on any atom is -0.476 e. The molecule has 0 saturated heterocycles. The molecule has 0 aromatic carbocycles. The van der Waals surface area contributed by atoms with Crippen LogP contribution in [0.4, 0.5) is 0 Å². The number of hydrogen-bond donors (Lipinski definition) is 1. The van der Waals surface area contributed by atoms with E-state index in [1.807, 2.05) is 0 Å². The number of nitrogens with zero attached hydrogens (tertiary/aromatic N) is 3. The van der Waals surface area contributed by atoms with Gasteiger partial charge in [0.25, 0.3) is 0 Å². The van der Waals surface area contributed by atoms with Crippen molar-refractivity contribution in [3.63, 3.8) is 0 Å². The maximum atomic E-state index is 11.0. The summed E-state index contributed by atoms with van der Waals surface area (Å²) >= 11 is 0. The second-order valence-electron chi connectivity index (χ2n) is 3.70. The number of hydrogen-bond acceptors (Lipinski definition) is 5. The maximum Gasteiger partial charge on any atom is 0.358 e. The molecule has 0 saturated carbocycles. The lowest BCUT2D eigenvalue weighted by Gasteiger charge is -2.07. The highest BCUT2D eigenvalue weighted by atomic mass is 16.5. The number of methoxy groups -OCH3 is 2. The Hall–Kier alpha value is -1.99. The van der Waals surface area contributed by atoms with E-state index >= 15 is 0 Å². The molecule has 0 unspecified atom stereocenters. The van der Waals surface area contributed by atoms with E-state index < -0.39 is 5.97 Å². The van der Waals surface area contributed by atoms with Gasteiger partial charge in [0.05, 0.1) is 24.6 Å². The summed E-state index contributed by atoms with van der Waals surface area (Å²) in [5.41, 5.74) is 1.63. The molecular weight excluding hydrogens is 238 g/mol. The summed E-state index contributed by atoms with van der Waals surface area (Å²) in [6, 6.07) is 1.80. The monoisotopic (exact) mass is 251 g/mol. The van der Waals surface area contributed by atoms with E-state index in [-0.39, 0.29) is 5.69 Å². The van der Waals surface area contributed by atoms with Gasteiger partial charge in [-0.1, -0.05) is 0 Å². The van der Waals surface area contributed by atoms with Gasteiger partial charge in [0.2, 0.25) is 0 Å². The molecule has 0 aliphatic carbocycles. The third-order valence-corrected chi connectivity index (χ3v) is 2.42. The summed E-state index contributed by atoms with van der Waals surface area (Å²) in [6.07, 6.45) is 1.43. The van der Waals surface area contributed by atoms with Gasteiger partial charge in [-0.25, -0.2) is 14.8 Å². The van der Waals surface area contributed by atoms with Crippen LogP contribution in [0.3, 0.4) is 0 Å². The van der Waals surface area contributed by atoms with Gasteiger partial charge < -0.3 is 14.6 Å². The third-order valence-electron chi connectivity index (χ3n) is 2.42. The lowest BCUT2D eigenvalue weighted by molar-refractivity contribution is 0.0693. The Kier molecular flexibility index (Phi) is 3.54. The van der Waals surface area contributed by atoms with E-state index in [2.05, 4.69) is 9.97 Å². The van der Waals surface area contributed by atoms with Crippen molar-refractivity contribution >= 4 is 11.6 Å². The molecule has 96 valence electrons. The third kappa shape index (κ3) is 2.18. The van der Waals surface area contributed by atoms with Crippen molar-refractivity contribution in [1.82, 2.24) is 14.4 Å². The van der Waals surface area contributed by atoms with Crippen LogP contribution in [-0.4, -0.2) is 39.7 Å². The number of fused-ring (bicyclic) bond motifs is 1. The highest BCUT2D eigenvalue weighted by Crippen LogP contribution is 2.13.